The summed E-state index contributed by atoms with van der Waals surface area (Å²) in [4.78, 5) is 13.2. The third-order valence-electron chi connectivity index (χ3n) is 2.30. The smallest absolute Gasteiger partial charge is 0.253 e. The lowest BCUT2D eigenvalue weighted by Gasteiger charge is -2.05. The Labute approximate surface area is 103 Å². The molecular formula is C12H17NOS2. The van der Waals surface area contributed by atoms with E-state index in [1.165, 1.54) is 4.88 Å². The van der Waals surface area contributed by atoms with E-state index >= 15 is 0 Å². The molecule has 1 atom stereocenters. The molecule has 0 saturated heterocycles. The van der Waals surface area contributed by atoms with Gasteiger partial charge in [0.25, 0.3) is 5.91 Å². The third-order valence-corrected chi connectivity index (χ3v) is 5.25. The molecule has 1 amide bonds. The molecule has 4 heteroatoms. The zero-order chi connectivity index (χ0) is 12.3. The predicted octanol–water partition coefficient (Wildman–Crippen LogP) is 2.97. The summed E-state index contributed by atoms with van der Waals surface area (Å²) in [5.74, 6) is 4.01. The van der Waals surface area contributed by atoms with Crippen LogP contribution in [-0.2, 0) is 0 Å². The van der Waals surface area contributed by atoms with Crippen LogP contribution >= 0.6 is 21.8 Å². The van der Waals surface area contributed by atoms with Gasteiger partial charge in [-0.15, -0.1) is 17.9 Å². The quantitative estimate of drug-likeness (QED) is 0.650. The number of hydrogen-bond acceptors (Lipinski definition) is 2. The van der Waals surface area contributed by atoms with E-state index in [0.717, 1.165) is 15.3 Å². The summed E-state index contributed by atoms with van der Waals surface area (Å²) in [6.45, 7) is 8.12. The minimum absolute atomic E-state index is 0.0141. The van der Waals surface area contributed by atoms with E-state index in [9.17, 15) is 4.79 Å². The van der Waals surface area contributed by atoms with E-state index in [0.29, 0.717) is 6.54 Å². The van der Waals surface area contributed by atoms with Gasteiger partial charge in [0.15, 0.2) is 0 Å². The Hall–Kier alpha value is -0.870. The summed E-state index contributed by atoms with van der Waals surface area (Å²) in [6.07, 6.45) is 3.72. The van der Waals surface area contributed by atoms with Crippen molar-refractivity contribution in [2.45, 2.75) is 18.1 Å². The van der Waals surface area contributed by atoms with Gasteiger partial charge in [-0.3, -0.25) is 4.79 Å². The van der Waals surface area contributed by atoms with Crippen LogP contribution in [0.4, 0.5) is 0 Å². The molecule has 1 unspecified atom stereocenters. The van der Waals surface area contributed by atoms with Crippen molar-refractivity contribution in [3.05, 3.63) is 28.7 Å². The Balaban J connectivity index is 3.14. The van der Waals surface area contributed by atoms with Gasteiger partial charge in [-0.1, -0.05) is 11.9 Å². The van der Waals surface area contributed by atoms with Gasteiger partial charge in [-0.25, -0.2) is 0 Å². The molecule has 0 aliphatic rings. The Kier molecular flexibility index (Phi) is 4.50. The van der Waals surface area contributed by atoms with Crippen LogP contribution in [0, 0.1) is 13.8 Å². The SMILES string of the molecule is C=CCNC(=O)c1c(S(=C)C)sc(C)c1C. The van der Waals surface area contributed by atoms with Crippen molar-refractivity contribution in [1.82, 2.24) is 5.32 Å². The Morgan fingerprint density at radius 1 is 1.56 bits per heavy atom. The van der Waals surface area contributed by atoms with Crippen molar-refractivity contribution in [1.29, 1.82) is 0 Å². The number of carbonyl (C=O) groups excluding carboxylic acids is 1. The number of thiophene rings is 1. The lowest BCUT2D eigenvalue weighted by Crippen LogP contribution is -2.24. The van der Waals surface area contributed by atoms with Crippen LogP contribution in [0.2, 0.25) is 0 Å². The fourth-order valence-electron chi connectivity index (χ4n) is 1.36. The minimum Gasteiger partial charge on any atom is -0.349 e. The number of hydrogen-bond donors (Lipinski definition) is 1. The van der Waals surface area contributed by atoms with Gasteiger partial charge < -0.3 is 5.32 Å². The van der Waals surface area contributed by atoms with Crippen molar-refractivity contribution in [2.75, 3.05) is 12.8 Å². The van der Waals surface area contributed by atoms with Gasteiger partial charge in [-0.2, -0.15) is 10.5 Å². The summed E-state index contributed by atoms with van der Waals surface area (Å²) >= 11 is 1.67. The van der Waals surface area contributed by atoms with Crippen molar-refractivity contribution < 1.29 is 4.79 Å². The lowest BCUT2D eigenvalue weighted by atomic mass is 10.1. The molecular weight excluding hydrogens is 238 g/mol. The first-order valence-corrected chi connectivity index (χ1v) is 7.55. The van der Waals surface area contributed by atoms with E-state index < -0.39 is 0 Å². The van der Waals surface area contributed by atoms with Crippen LogP contribution in [0.3, 0.4) is 0 Å². The van der Waals surface area contributed by atoms with E-state index in [1.807, 2.05) is 20.1 Å². The monoisotopic (exact) mass is 255 g/mol. The lowest BCUT2D eigenvalue weighted by molar-refractivity contribution is 0.0955. The van der Waals surface area contributed by atoms with Crippen molar-refractivity contribution in [3.63, 3.8) is 0 Å². The normalized spacial score (nSPS) is 12.2. The standard InChI is InChI=1S/C12H17NOS2/c1-6-7-13-11(14)10-8(2)9(3)15-12(10)16(4)5/h6H,1,4,7H2,2-3,5H3,(H,13,14). The molecule has 1 aromatic heterocycles. The molecule has 16 heavy (non-hydrogen) atoms. The first-order valence-electron chi connectivity index (χ1n) is 4.93. The second-order valence-electron chi connectivity index (χ2n) is 3.58. The predicted molar refractivity (Wildman–Crippen MR) is 75.2 cm³/mol. The molecule has 1 aromatic rings. The summed E-state index contributed by atoms with van der Waals surface area (Å²) < 4.78 is 1.09. The van der Waals surface area contributed by atoms with Crippen molar-refractivity contribution in [2.24, 2.45) is 0 Å². The molecule has 2 nitrogen and oxygen atoms in total. The van der Waals surface area contributed by atoms with Crippen LogP contribution in [0.15, 0.2) is 16.9 Å². The van der Waals surface area contributed by atoms with Crippen LogP contribution in [-0.4, -0.2) is 24.6 Å². The number of rotatable bonds is 4. The van der Waals surface area contributed by atoms with Crippen molar-refractivity contribution >= 4 is 33.6 Å². The second kappa shape index (κ2) is 5.46. The maximum absolute atomic E-state index is 12.0. The molecule has 0 aliphatic carbocycles. The van der Waals surface area contributed by atoms with Crippen LogP contribution in [0.1, 0.15) is 20.8 Å². The van der Waals surface area contributed by atoms with Gasteiger partial charge in [0, 0.05) is 11.4 Å². The first kappa shape index (κ1) is 13.2. The molecule has 0 aromatic carbocycles. The molecule has 0 bridgehead atoms. The number of aryl methyl sites for hydroxylation is 1. The molecule has 1 N–H and O–H groups in total. The van der Waals surface area contributed by atoms with Crippen LogP contribution in [0.25, 0.3) is 0 Å². The molecule has 88 valence electrons. The highest BCUT2D eigenvalue weighted by atomic mass is 32.2. The van der Waals surface area contributed by atoms with Gasteiger partial charge in [0.05, 0.1) is 9.77 Å². The van der Waals surface area contributed by atoms with Gasteiger partial charge in [0.1, 0.15) is 0 Å². The summed E-state index contributed by atoms with van der Waals surface area (Å²) in [5, 5.41) is 2.82. The third kappa shape index (κ3) is 2.62. The maximum atomic E-state index is 12.0. The van der Waals surface area contributed by atoms with Gasteiger partial charge in [0.2, 0.25) is 0 Å². The number of amides is 1. The van der Waals surface area contributed by atoms with E-state index in [-0.39, 0.29) is 16.4 Å². The number of carbonyl (C=O) groups is 1. The summed E-state index contributed by atoms with van der Waals surface area (Å²) in [6, 6.07) is 0. The number of nitrogens with one attached hydrogen (secondary N) is 1. The highest BCUT2D eigenvalue weighted by Crippen LogP contribution is 2.36. The van der Waals surface area contributed by atoms with Crippen LogP contribution < -0.4 is 5.32 Å². The Morgan fingerprint density at radius 2 is 2.19 bits per heavy atom. The van der Waals surface area contributed by atoms with E-state index in [2.05, 4.69) is 17.8 Å². The fraction of sp³-hybridized carbons (Fsp3) is 0.333. The highest BCUT2D eigenvalue weighted by molar-refractivity contribution is 8.15. The van der Waals surface area contributed by atoms with Gasteiger partial charge in [-0.05, 0) is 25.7 Å². The van der Waals surface area contributed by atoms with Crippen LogP contribution in [0.5, 0.6) is 0 Å². The Morgan fingerprint density at radius 3 is 2.69 bits per heavy atom. The fourth-order valence-corrected chi connectivity index (χ4v) is 3.78. The minimum atomic E-state index is -0.124. The first-order chi connectivity index (χ1) is 7.49. The zero-order valence-electron chi connectivity index (χ0n) is 9.92. The molecule has 0 fully saturated rings. The zero-order valence-corrected chi connectivity index (χ0v) is 11.6. The molecule has 1 heterocycles. The van der Waals surface area contributed by atoms with E-state index in [1.54, 1.807) is 17.4 Å². The average Bonchev–Trinajstić information content (AvgIpc) is 2.52. The second-order valence-corrected chi connectivity index (χ2v) is 6.75. The highest BCUT2D eigenvalue weighted by Gasteiger charge is 2.18. The Bertz CT molecular complexity index is 446. The topological polar surface area (TPSA) is 29.1 Å². The van der Waals surface area contributed by atoms with Crippen molar-refractivity contribution in [3.8, 4) is 0 Å². The molecule has 0 aliphatic heterocycles. The summed E-state index contributed by atoms with van der Waals surface area (Å²) in [5.41, 5.74) is 1.88. The van der Waals surface area contributed by atoms with Gasteiger partial charge >= 0.3 is 0 Å². The summed E-state index contributed by atoms with van der Waals surface area (Å²) in [7, 11) is -0.124. The molecule has 0 radical (unpaired) electrons. The van der Waals surface area contributed by atoms with E-state index in [4.69, 9.17) is 0 Å². The molecule has 0 saturated carbocycles. The largest absolute Gasteiger partial charge is 0.349 e. The maximum Gasteiger partial charge on any atom is 0.253 e. The molecule has 0 spiro atoms. The average molecular weight is 255 g/mol. The molecule has 1 rings (SSSR count).